The molecule has 0 aromatic rings. The maximum absolute atomic E-state index is 3.38. The number of nitrogens with one attached hydrogen (secondary N) is 2. The molecule has 0 spiro atoms. The standard InChI is InChI=1S/C6H14N2.BrH/c1-6-5-7-3-2-4-8-6;/h6-8H,2-5H2,1H3;1H/t6-;/m0./s1. The summed E-state index contributed by atoms with van der Waals surface area (Å²) in [6.07, 6.45) is 1.27. The molecule has 3 heteroatoms. The van der Waals surface area contributed by atoms with E-state index in [-0.39, 0.29) is 17.0 Å². The largest absolute Gasteiger partial charge is 0.315 e. The third kappa shape index (κ3) is 3.89. The van der Waals surface area contributed by atoms with Crippen molar-refractivity contribution in [3.8, 4) is 0 Å². The van der Waals surface area contributed by atoms with Gasteiger partial charge in [-0.3, -0.25) is 0 Å². The first kappa shape index (κ1) is 9.40. The molecule has 0 radical (unpaired) electrons. The first-order chi connectivity index (χ1) is 3.89. The SMILES string of the molecule is Br.C[C@H]1CNCCCN1. The van der Waals surface area contributed by atoms with E-state index in [2.05, 4.69) is 17.6 Å². The Hall–Kier alpha value is 0.400. The molecule has 9 heavy (non-hydrogen) atoms. The van der Waals surface area contributed by atoms with Crippen molar-refractivity contribution in [2.45, 2.75) is 19.4 Å². The molecule has 1 fully saturated rings. The predicted octanol–water partition coefficient (Wildman–Crippen LogP) is 0.536. The zero-order valence-electron chi connectivity index (χ0n) is 5.81. The smallest absolute Gasteiger partial charge is 0.0164 e. The van der Waals surface area contributed by atoms with Crippen LogP contribution in [-0.2, 0) is 0 Å². The maximum atomic E-state index is 3.38. The Morgan fingerprint density at radius 1 is 1.33 bits per heavy atom. The summed E-state index contributed by atoms with van der Waals surface area (Å²) in [5.74, 6) is 0. The molecule has 0 saturated carbocycles. The van der Waals surface area contributed by atoms with Gasteiger partial charge >= 0.3 is 0 Å². The van der Waals surface area contributed by atoms with Crippen molar-refractivity contribution in [1.82, 2.24) is 10.6 Å². The molecule has 56 valence electrons. The third-order valence-corrected chi connectivity index (χ3v) is 1.47. The summed E-state index contributed by atoms with van der Waals surface area (Å²) >= 11 is 0. The predicted molar refractivity (Wildman–Crippen MR) is 45.3 cm³/mol. The maximum Gasteiger partial charge on any atom is 0.0164 e. The molecule has 0 aliphatic carbocycles. The second-order valence-electron chi connectivity index (χ2n) is 2.41. The van der Waals surface area contributed by atoms with Crippen molar-refractivity contribution in [1.29, 1.82) is 0 Å². The van der Waals surface area contributed by atoms with Crippen LogP contribution >= 0.6 is 17.0 Å². The highest BCUT2D eigenvalue weighted by molar-refractivity contribution is 8.93. The highest BCUT2D eigenvalue weighted by atomic mass is 79.9. The number of hydrogen-bond donors (Lipinski definition) is 2. The van der Waals surface area contributed by atoms with E-state index >= 15 is 0 Å². The lowest BCUT2D eigenvalue weighted by atomic mass is 10.3. The van der Waals surface area contributed by atoms with Gasteiger partial charge in [0, 0.05) is 12.6 Å². The van der Waals surface area contributed by atoms with Gasteiger partial charge in [0.2, 0.25) is 0 Å². The minimum absolute atomic E-state index is 0. The molecule has 2 nitrogen and oxygen atoms in total. The molecule has 0 bridgehead atoms. The summed E-state index contributed by atoms with van der Waals surface area (Å²) in [4.78, 5) is 0. The Kier molecular flexibility index (Phi) is 5.44. The van der Waals surface area contributed by atoms with Gasteiger partial charge in [0.05, 0.1) is 0 Å². The Bertz CT molecular complexity index is 60.1. The Labute approximate surface area is 67.2 Å². The number of rotatable bonds is 0. The van der Waals surface area contributed by atoms with E-state index in [1.165, 1.54) is 19.5 Å². The minimum Gasteiger partial charge on any atom is -0.315 e. The van der Waals surface area contributed by atoms with Gasteiger partial charge in [-0.25, -0.2) is 0 Å². The first-order valence-corrected chi connectivity index (χ1v) is 3.33. The van der Waals surface area contributed by atoms with Crippen molar-refractivity contribution >= 4 is 17.0 Å². The van der Waals surface area contributed by atoms with Crippen molar-refractivity contribution in [3.05, 3.63) is 0 Å². The fraction of sp³-hybridized carbons (Fsp3) is 1.00. The Morgan fingerprint density at radius 2 is 2.11 bits per heavy atom. The van der Waals surface area contributed by atoms with Gasteiger partial charge in [0.25, 0.3) is 0 Å². The summed E-state index contributed by atoms with van der Waals surface area (Å²) in [5.41, 5.74) is 0. The average molecular weight is 195 g/mol. The average Bonchev–Trinajstić information content (AvgIpc) is 1.94. The van der Waals surface area contributed by atoms with Crippen molar-refractivity contribution in [3.63, 3.8) is 0 Å². The van der Waals surface area contributed by atoms with Crippen LogP contribution in [0, 0.1) is 0 Å². The summed E-state index contributed by atoms with van der Waals surface area (Å²) in [6.45, 7) is 5.68. The zero-order chi connectivity index (χ0) is 5.82. The van der Waals surface area contributed by atoms with Gasteiger partial charge in [-0.05, 0) is 26.4 Å². The van der Waals surface area contributed by atoms with Gasteiger partial charge in [-0.15, -0.1) is 17.0 Å². The first-order valence-electron chi connectivity index (χ1n) is 3.33. The van der Waals surface area contributed by atoms with Crippen LogP contribution in [0.2, 0.25) is 0 Å². The molecule has 2 N–H and O–H groups in total. The monoisotopic (exact) mass is 194 g/mol. The van der Waals surface area contributed by atoms with Crippen molar-refractivity contribution in [2.24, 2.45) is 0 Å². The van der Waals surface area contributed by atoms with Crippen LogP contribution in [0.25, 0.3) is 0 Å². The van der Waals surface area contributed by atoms with Crippen LogP contribution in [-0.4, -0.2) is 25.7 Å². The molecular formula is C6H15BrN2. The summed E-state index contributed by atoms with van der Waals surface area (Å²) in [7, 11) is 0. The third-order valence-electron chi connectivity index (χ3n) is 1.47. The van der Waals surface area contributed by atoms with Crippen molar-refractivity contribution < 1.29 is 0 Å². The molecule has 0 amide bonds. The molecule has 0 unspecified atom stereocenters. The topological polar surface area (TPSA) is 24.1 Å². The highest BCUT2D eigenvalue weighted by Crippen LogP contribution is 1.85. The summed E-state index contributed by atoms with van der Waals surface area (Å²) in [6, 6.07) is 0.664. The molecule has 1 aliphatic rings. The highest BCUT2D eigenvalue weighted by Gasteiger charge is 2.02. The fourth-order valence-corrected chi connectivity index (χ4v) is 0.953. The van der Waals surface area contributed by atoms with Gasteiger partial charge in [-0.1, -0.05) is 0 Å². The second-order valence-corrected chi connectivity index (χ2v) is 2.41. The normalized spacial score (nSPS) is 28.3. The number of hydrogen-bond acceptors (Lipinski definition) is 2. The minimum atomic E-state index is 0. The van der Waals surface area contributed by atoms with Crippen LogP contribution in [0.4, 0.5) is 0 Å². The fourth-order valence-electron chi connectivity index (χ4n) is 0.953. The summed E-state index contributed by atoms with van der Waals surface area (Å²) < 4.78 is 0. The van der Waals surface area contributed by atoms with E-state index in [0.717, 1.165) is 6.54 Å². The van der Waals surface area contributed by atoms with E-state index in [0.29, 0.717) is 6.04 Å². The van der Waals surface area contributed by atoms with Crippen LogP contribution in [0.5, 0.6) is 0 Å². The van der Waals surface area contributed by atoms with Crippen LogP contribution in [0.15, 0.2) is 0 Å². The van der Waals surface area contributed by atoms with Crippen LogP contribution in [0.3, 0.4) is 0 Å². The van der Waals surface area contributed by atoms with Gasteiger partial charge < -0.3 is 10.6 Å². The van der Waals surface area contributed by atoms with E-state index in [1.807, 2.05) is 0 Å². The molecule has 1 aliphatic heterocycles. The second kappa shape index (κ2) is 5.21. The molecular weight excluding hydrogens is 180 g/mol. The molecule has 0 aromatic heterocycles. The molecule has 1 atom stereocenters. The van der Waals surface area contributed by atoms with E-state index in [9.17, 15) is 0 Å². The van der Waals surface area contributed by atoms with E-state index in [1.54, 1.807) is 0 Å². The molecule has 1 rings (SSSR count). The molecule has 0 aromatic carbocycles. The molecule has 1 heterocycles. The quantitative estimate of drug-likeness (QED) is 0.589. The lowest BCUT2D eigenvalue weighted by Gasteiger charge is -2.06. The summed E-state index contributed by atoms with van der Waals surface area (Å²) in [5, 5.41) is 6.72. The van der Waals surface area contributed by atoms with Gasteiger partial charge in [0.1, 0.15) is 0 Å². The lowest BCUT2D eigenvalue weighted by Crippen LogP contribution is -2.31. The van der Waals surface area contributed by atoms with Crippen LogP contribution in [0.1, 0.15) is 13.3 Å². The zero-order valence-corrected chi connectivity index (χ0v) is 7.53. The Balaban J connectivity index is 0.000000640. The van der Waals surface area contributed by atoms with Gasteiger partial charge in [0.15, 0.2) is 0 Å². The van der Waals surface area contributed by atoms with Crippen molar-refractivity contribution in [2.75, 3.05) is 19.6 Å². The van der Waals surface area contributed by atoms with E-state index < -0.39 is 0 Å². The molecule has 1 saturated heterocycles. The van der Waals surface area contributed by atoms with Crippen LogP contribution < -0.4 is 10.6 Å². The number of halogens is 1. The lowest BCUT2D eigenvalue weighted by molar-refractivity contribution is 0.568. The Morgan fingerprint density at radius 3 is 2.89 bits per heavy atom. The van der Waals surface area contributed by atoms with E-state index in [4.69, 9.17) is 0 Å². The van der Waals surface area contributed by atoms with Gasteiger partial charge in [-0.2, -0.15) is 0 Å².